The second-order valence-electron chi connectivity index (χ2n) is 13.0. The summed E-state index contributed by atoms with van der Waals surface area (Å²) in [7, 11) is -1.34. The van der Waals surface area contributed by atoms with Gasteiger partial charge in [0.2, 0.25) is 0 Å². The summed E-state index contributed by atoms with van der Waals surface area (Å²) in [5, 5.41) is 12.6. The maximum Gasteiger partial charge on any atom is -0.0134 e. The molecule has 59 heavy (non-hydrogen) atoms. The molecule has 0 amide bonds. The van der Waals surface area contributed by atoms with Gasteiger partial charge < -0.3 is 0 Å². The van der Waals surface area contributed by atoms with Crippen LogP contribution in [0.5, 0.6) is 0 Å². The van der Waals surface area contributed by atoms with E-state index in [9.17, 15) is 0 Å². The molecule has 0 heterocycles. The third-order valence-electron chi connectivity index (χ3n) is 9.13. The zero-order valence-electron chi connectivity index (χ0n) is 32.5. The topological polar surface area (TPSA) is 0 Å². The predicted molar refractivity (Wildman–Crippen MR) is 264 cm³/mol. The van der Waals surface area contributed by atoms with E-state index in [2.05, 4.69) is 301 Å². The third kappa shape index (κ3) is 13.1. The van der Waals surface area contributed by atoms with E-state index in [1.165, 1.54) is 47.7 Å². The van der Waals surface area contributed by atoms with Gasteiger partial charge in [-0.3, -0.25) is 0 Å². The molecule has 0 aliphatic rings. The summed E-state index contributed by atoms with van der Waals surface area (Å²) >= 11 is 6.00. The van der Waals surface area contributed by atoms with E-state index in [0.717, 1.165) is 0 Å². The Labute approximate surface area is 370 Å². The van der Waals surface area contributed by atoms with Crippen LogP contribution in [-0.2, 0) is 13.9 Å². The first-order chi connectivity index (χ1) is 29.3. The number of hydrogen-bond acceptors (Lipinski definition) is 0. The molecule has 0 atom stereocenters. The molecule has 9 rings (SSSR count). The monoisotopic (exact) mass is 924 g/mol. The molecule has 9 aromatic rings. The summed E-state index contributed by atoms with van der Waals surface area (Å²) in [6.07, 6.45) is 0. The molecule has 0 fully saturated rings. The Morgan fingerprint density at radius 2 is 0.254 bits per heavy atom. The van der Waals surface area contributed by atoms with E-state index >= 15 is 0 Å². The summed E-state index contributed by atoms with van der Waals surface area (Å²) in [5.74, 6) is 0. The van der Waals surface area contributed by atoms with Gasteiger partial charge in [0.25, 0.3) is 0 Å². The van der Waals surface area contributed by atoms with E-state index in [0.29, 0.717) is 0 Å². The van der Waals surface area contributed by atoms with Crippen molar-refractivity contribution in [2.45, 2.75) is 0 Å². The van der Waals surface area contributed by atoms with Crippen LogP contribution < -0.4 is 47.7 Å². The van der Waals surface area contributed by atoms with Crippen LogP contribution in [0.4, 0.5) is 0 Å². The third-order valence-corrected chi connectivity index (χ3v) is 16.5. The Morgan fingerprint density at radius 1 is 0.169 bits per heavy atom. The van der Waals surface area contributed by atoms with Gasteiger partial charge in [-0.1, -0.05) is 273 Å². The molecule has 0 saturated carbocycles. The van der Waals surface area contributed by atoms with Gasteiger partial charge in [-0.05, 0) is 71.5 Å². The molecule has 0 saturated heterocycles. The number of benzene rings is 9. The Hall–Kier alpha value is -4.74. The minimum atomic E-state index is -0.446. The maximum absolute atomic E-state index is 3.38. The normalized spacial score (nSPS) is 10.3. The summed E-state index contributed by atoms with van der Waals surface area (Å²) in [6, 6.07) is 97.0. The summed E-state index contributed by atoms with van der Waals surface area (Å²) in [6.45, 7) is 0. The Kier molecular flexibility index (Phi) is 18.6. The van der Waals surface area contributed by atoms with Crippen LogP contribution in [0.25, 0.3) is 0 Å². The minimum Gasteiger partial charge on any atom is -0.0622 e. The van der Waals surface area contributed by atoms with E-state index in [1.807, 2.05) is 0 Å². The SMILES string of the molecule is [Co][Br].c1ccc(P(c2ccccc2)c2ccccc2)cc1.c1ccc(P(c2ccccc2)c2ccccc2)cc1.c1ccc(P(c2ccccc2)c2ccccc2)cc1. The first-order valence-corrected chi connectivity index (χ1v) is 25.9. The molecule has 0 aliphatic carbocycles. The quantitative estimate of drug-likeness (QED) is 0.127. The van der Waals surface area contributed by atoms with Gasteiger partial charge in [0.1, 0.15) is 0 Å². The van der Waals surface area contributed by atoms with E-state index in [1.54, 1.807) is 0 Å². The maximum atomic E-state index is 3.38. The first kappa shape index (κ1) is 43.8. The molecule has 5 heteroatoms. The molecule has 292 valence electrons. The summed E-state index contributed by atoms with van der Waals surface area (Å²) in [5.41, 5.74) is 0. The predicted octanol–water partition coefficient (Wildman–Crippen LogP) is 11.2. The number of hydrogen-bond donors (Lipinski definition) is 0. The van der Waals surface area contributed by atoms with Crippen LogP contribution in [0.15, 0.2) is 273 Å². The van der Waals surface area contributed by atoms with Gasteiger partial charge in [-0.2, -0.15) is 0 Å². The van der Waals surface area contributed by atoms with E-state index in [4.69, 9.17) is 0 Å². The van der Waals surface area contributed by atoms with Gasteiger partial charge in [0.05, 0.1) is 0 Å². The molecule has 0 aromatic heterocycles. The van der Waals surface area contributed by atoms with Crippen molar-refractivity contribution in [2.75, 3.05) is 0 Å². The first-order valence-electron chi connectivity index (χ1n) is 19.3. The zero-order valence-corrected chi connectivity index (χ0v) is 37.8. The molecule has 9 aromatic carbocycles. The van der Waals surface area contributed by atoms with Crippen molar-refractivity contribution >= 4 is 85.7 Å². The second kappa shape index (κ2) is 25.0. The average molecular weight is 926 g/mol. The molecule has 0 spiro atoms. The van der Waals surface area contributed by atoms with Crippen LogP contribution in [0.3, 0.4) is 0 Å². The van der Waals surface area contributed by atoms with Crippen molar-refractivity contribution in [1.82, 2.24) is 0 Å². The van der Waals surface area contributed by atoms with Crippen molar-refractivity contribution < 1.29 is 13.9 Å². The van der Waals surface area contributed by atoms with Crippen molar-refractivity contribution in [1.29, 1.82) is 0 Å². The van der Waals surface area contributed by atoms with Crippen LogP contribution in [0.1, 0.15) is 0 Å². The smallest absolute Gasteiger partial charge is 0.0134 e. The van der Waals surface area contributed by atoms with Crippen LogP contribution in [0.2, 0.25) is 0 Å². The van der Waals surface area contributed by atoms with Crippen LogP contribution >= 0.6 is 37.9 Å². The molecule has 0 bridgehead atoms. The standard InChI is InChI=1S/3C18H15P.BrH.Co/c3*1-4-10-16(11-5-1)19(17-12-6-2-7-13-17)18-14-8-3-9-15-18;;/h3*1-15H;1H;/q;;;;+1/p-1. The van der Waals surface area contributed by atoms with Gasteiger partial charge in [0.15, 0.2) is 0 Å². The van der Waals surface area contributed by atoms with Gasteiger partial charge in [-0.15, -0.1) is 0 Å². The molecule has 0 N–H and O–H groups in total. The van der Waals surface area contributed by atoms with Crippen LogP contribution in [-0.4, -0.2) is 0 Å². The van der Waals surface area contributed by atoms with Crippen LogP contribution in [0, 0.1) is 0 Å². The van der Waals surface area contributed by atoms with Gasteiger partial charge >= 0.3 is 28.1 Å². The van der Waals surface area contributed by atoms with Crippen molar-refractivity contribution in [3.63, 3.8) is 0 Å². The summed E-state index contributed by atoms with van der Waals surface area (Å²) < 4.78 is 0. The Balaban J connectivity index is 0.000000146. The van der Waals surface area contributed by atoms with E-state index < -0.39 is 23.8 Å². The molecular formula is C54H45BrCoP3. The molecular weight excluding hydrogens is 880 g/mol. The molecule has 0 unspecified atom stereocenters. The van der Waals surface area contributed by atoms with Gasteiger partial charge in [-0.25, -0.2) is 0 Å². The average Bonchev–Trinajstić information content (AvgIpc) is 3.34. The Bertz CT molecular complexity index is 1870. The number of rotatable bonds is 9. The Morgan fingerprint density at radius 3 is 0.339 bits per heavy atom. The fourth-order valence-electron chi connectivity index (χ4n) is 6.54. The van der Waals surface area contributed by atoms with Crippen molar-refractivity contribution in [2.24, 2.45) is 0 Å². The summed E-state index contributed by atoms with van der Waals surface area (Å²) in [4.78, 5) is 0. The van der Waals surface area contributed by atoms with Crippen molar-refractivity contribution in [3.8, 4) is 0 Å². The fraction of sp³-hybridized carbons (Fsp3) is 0. The van der Waals surface area contributed by atoms with E-state index in [-0.39, 0.29) is 0 Å². The largest absolute Gasteiger partial charge is 0.0622 e. The second-order valence-corrected chi connectivity index (χ2v) is 19.7. The van der Waals surface area contributed by atoms with Gasteiger partial charge in [0, 0.05) is 0 Å². The minimum absolute atomic E-state index is 0.446. The molecule has 0 aliphatic heterocycles. The molecule has 0 nitrogen and oxygen atoms in total. The number of halogens is 1. The fourth-order valence-corrected chi connectivity index (χ4v) is 13.5. The zero-order chi connectivity index (χ0) is 40.7. The van der Waals surface area contributed by atoms with Crippen molar-refractivity contribution in [3.05, 3.63) is 273 Å². The molecule has 0 radical (unpaired) electrons.